The summed E-state index contributed by atoms with van der Waals surface area (Å²) in [7, 11) is 0. The highest BCUT2D eigenvalue weighted by Crippen LogP contribution is 2.23. The zero-order valence-electron chi connectivity index (χ0n) is 5.87. The monoisotopic (exact) mass is 152 g/mol. The van der Waals surface area contributed by atoms with E-state index in [1.54, 1.807) is 0 Å². The summed E-state index contributed by atoms with van der Waals surface area (Å²) in [5.41, 5.74) is 7.50. The zero-order valence-corrected chi connectivity index (χ0v) is 6.69. The summed E-state index contributed by atoms with van der Waals surface area (Å²) in [5.74, 6) is 0. The van der Waals surface area contributed by atoms with Gasteiger partial charge in [0.05, 0.1) is 0 Å². The number of hydrogen-bond acceptors (Lipinski definition) is 1. The number of benzene rings is 1. The van der Waals surface area contributed by atoms with Crippen molar-refractivity contribution >= 4 is 18.3 Å². The maximum atomic E-state index is 5.65. The normalized spacial score (nSPS) is 13.0. The molecule has 0 saturated carbocycles. The fraction of sp³-hybridized carbons (Fsp3) is 0.250. The van der Waals surface area contributed by atoms with Crippen molar-refractivity contribution < 1.29 is 0 Å². The molecule has 0 aromatic heterocycles. The molecule has 0 amide bonds. The molecule has 1 aromatic rings. The van der Waals surface area contributed by atoms with Crippen molar-refractivity contribution in [1.82, 2.24) is 0 Å². The molecule has 2 N–H and O–H groups in total. The maximum Gasteiger partial charge on any atom is 0.0393 e. The molecule has 0 bridgehead atoms. The third kappa shape index (κ3) is 1.45. The highest BCUT2D eigenvalue weighted by atomic mass is 32.1. The molecule has 0 aliphatic carbocycles. The summed E-state index contributed by atoms with van der Waals surface area (Å²) in [4.78, 5) is 0. The second-order valence-corrected chi connectivity index (χ2v) is 2.98. The number of nitrogens with two attached hydrogens (primary N) is 1. The van der Waals surface area contributed by atoms with Gasteiger partial charge >= 0.3 is 0 Å². The first kappa shape index (κ1) is 7.48. The Labute approximate surface area is 66.7 Å². The van der Waals surface area contributed by atoms with E-state index in [2.05, 4.69) is 0 Å². The smallest absolute Gasteiger partial charge is 0.0393 e. The van der Waals surface area contributed by atoms with Crippen LogP contribution >= 0.6 is 12.6 Å². The van der Waals surface area contributed by atoms with Crippen molar-refractivity contribution in [2.45, 2.75) is 12.2 Å². The van der Waals surface area contributed by atoms with E-state index in [-0.39, 0.29) is 5.25 Å². The van der Waals surface area contributed by atoms with E-state index in [0.29, 0.717) is 0 Å². The van der Waals surface area contributed by atoms with Gasteiger partial charge in [-0.1, -0.05) is 30.8 Å². The van der Waals surface area contributed by atoms with Crippen LogP contribution in [0.3, 0.4) is 0 Å². The van der Waals surface area contributed by atoms with Gasteiger partial charge in [-0.15, -0.1) is 0 Å². The first-order valence-electron chi connectivity index (χ1n) is 3.22. The van der Waals surface area contributed by atoms with Crippen molar-refractivity contribution in [1.29, 1.82) is 0 Å². The van der Waals surface area contributed by atoms with Gasteiger partial charge in [0.1, 0.15) is 0 Å². The summed E-state index contributed by atoms with van der Waals surface area (Å²) >= 11 is 5.05. The lowest BCUT2D eigenvalue weighted by atomic mass is 10.1. The van der Waals surface area contributed by atoms with Crippen LogP contribution in [0.2, 0.25) is 0 Å². The molecule has 0 aliphatic heterocycles. The van der Waals surface area contributed by atoms with Crippen LogP contribution in [0.1, 0.15) is 17.7 Å². The number of hydrogen-bond donors (Lipinski definition) is 1. The molecule has 0 heterocycles. The van der Waals surface area contributed by atoms with Gasteiger partial charge in [0, 0.05) is 10.9 Å². The Morgan fingerprint density at radius 3 is 2.40 bits per heavy atom. The first-order chi connectivity index (χ1) is 4.72. The van der Waals surface area contributed by atoms with E-state index in [9.17, 15) is 0 Å². The molecule has 1 rings (SSSR count). The minimum Gasteiger partial charge on any atom is -0.398 e. The predicted octanol–water partition coefficient (Wildman–Crippen LogP) is 2.53. The molecule has 1 aromatic carbocycles. The molecular formula is C8H10NS. The molecule has 1 unspecified atom stereocenters. The molecule has 0 spiro atoms. The van der Waals surface area contributed by atoms with Crippen LogP contribution in [0.5, 0.6) is 0 Å². The number of para-hydroxylation sites is 1. The first-order valence-corrected chi connectivity index (χ1v) is 3.69. The fourth-order valence-electron chi connectivity index (χ4n) is 0.881. The summed E-state index contributed by atoms with van der Waals surface area (Å²) < 4.78 is 0. The van der Waals surface area contributed by atoms with Crippen LogP contribution in [0.15, 0.2) is 24.3 Å². The van der Waals surface area contributed by atoms with Crippen molar-refractivity contribution in [3.05, 3.63) is 29.8 Å². The summed E-state index contributed by atoms with van der Waals surface area (Å²) in [6, 6.07) is 7.70. The van der Waals surface area contributed by atoms with Crippen LogP contribution < -0.4 is 5.73 Å². The topological polar surface area (TPSA) is 26.0 Å². The third-order valence-corrected chi connectivity index (χ3v) is 1.69. The van der Waals surface area contributed by atoms with Crippen molar-refractivity contribution in [2.75, 3.05) is 5.73 Å². The molecular weight excluding hydrogens is 142 g/mol. The van der Waals surface area contributed by atoms with Crippen LogP contribution in [0, 0.1) is 0 Å². The molecule has 2 heteroatoms. The molecule has 1 nitrogen and oxygen atoms in total. The van der Waals surface area contributed by atoms with Gasteiger partial charge in [0.15, 0.2) is 0 Å². The number of nitrogen functional groups attached to an aromatic ring is 1. The standard InChI is InChI=1S/C8H10NS/c1-6(10)7-4-2-3-5-8(7)9/h2-6H,9H2,1H3. The Morgan fingerprint density at radius 2 is 2.00 bits per heavy atom. The number of rotatable bonds is 1. The van der Waals surface area contributed by atoms with Gasteiger partial charge in [0.2, 0.25) is 0 Å². The van der Waals surface area contributed by atoms with Gasteiger partial charge in [-0.3, -0.25) is 0 Å². The molecule has 1 radical (unpaired) electrons. The SMILES string of the molecule is CC([S])c1ccccc1N. The molecule has 10 heavy (non-hydrogen) atoms. The Bertz CT molecular complexity index is 220. The minimum absolute atomic E-state index is 0.112. The van der Waals surface area contributed by atoms with Crippen molar-refractivity contribution in [2.24, 2.45) is 0 Å². The largest absolute Gasteiger partial charge is 0.398 e. The van der Waals surface area contributed by atoms with Gasteiger partial charge < -0.3 is 5.73 Å². The van der Waals surface area contributed by atoms with E-state index in [4.69, 9.17) is 18.4 Å². The highest BCUT2D eigenvalue weighted by Gasteiger charge is 2.01. The van der Waals surface area contributed by atoms with Gasteiger partial charge in [-0.25, -0.2) is 0 Å². The van der Waals surface area contributed by atoms with Crippen molar-refractivity contribution in [3.8, 4) is 0 Å². The lowest BCUT2D eigenvalue weighted by Crippen LogP contribution is -1.93. The molecule has 1 atom stereocenters. The van der Waals surface area contributed by atoms with E-state index in [1.165, 1.54) is 0 Å². The Kier molecular flexibility index (Phi) is 2.22. The summed E-state index contributed by atoms with van der Waals surface area (Å²) in [6.45, 7) is 1.96. The summed E-state index contributed by atoms with van der Waals surface area (Å²) in [5, 5.41) is 0.112. The lowest BCUT2D eigenvalue weighted by Gasteiger charge is -2.05. The van der Waals surface area contributed by atoms with Crippen LogP contribution in [0.25, 0.3) is 0 Å². The van der Waals surface area contributed by atoms with Gasteiger partial charge in [0.25, 0.3) is 0 Å². The fourth-order valence-corrected chi connectivity index (χ4v) is 1.10. The van der Waals surface area contributed by atoms with Gasteiger partial charge in [-0.05, 0) is 18.6 Å². The Balaban J connectivity index is 3.03. The zero-order chi connectivity index (χ0) is 7.56. The average Bonchev–Trinajstić information content (AvgIpc) is 1.88. The number of anilines is 1. The Hall–Kier alpha value is -0.630. The van der Waals surface area contributed by atoms with E-state index >= 15 is 0 Å². The lowest BCUT2D eigenvalue weighted by molar-refractivity contribution is 1.12. The van der Waals surface area contributed by atoms with Crippen LogP contribution in [-0.2, 0) is 0 Å². The molecule has 0 saturated heterocycles. The van der Waals surface area contributed by atoms with Crippen LogP contribution in [-0.4, -0.2) is 0 Å². The third-order valence-electron chi connectivity index (χ3n) is 1.43. The predicted molar refractivity (Wildman–Crippen MR) is 46.9 cm³/mol. The average molecular weight is 152 g/mol. The van der Waals surface area contributed by atoms with Crippen molar-refractivity contribution in [3.63, 3.8) is 0 Å². The molecule has 53 valence electrons. The Morgan fingerprint density at radius 1 is 1.40 bits per heavy atom. The molecule has 0 aliphatic rings. The molecule has 0 fully saturated rings. The second-order valence-electron chi connectivity index (χ2n) is 2.27. The maximum absolute atomic E-state index is 5.65. The highest BCUT2D eigenvalue weighted by molar-refractivity contribution is 7.80. The van der Waals surface area contributed by atoms with Gasteiger partial charge in [-0.2, -0.15) is 0 Å². The van der Waals surface area contributed by atoms with Crippen LogP contribution in [0.4, 0.5) is 5.69 Å². The van der Waals surface area contributed by atoms with E-state index in [0.717, 1.165) is 11.3 Å². The minimum atomic E-state index is 0.112. The van der Waals surface area contributed by atoms with E-state index in [1.807, 2.05) is 31.2 Å². The quantitative estimate of drug-likeness (QED) is 0.615. The summed E-state index contributed by atoms with van der Waals surface area (Å²) in [6.07, 6.45) is 0. The van der Waals surface area contributed by atoms with E-state index < -0.39 is 0 Å². The second kappa shape index (κ2) is 2.97.